The summed E-state index contributed by atoms with van der Waals surface area (Å²) in [7, 11) is 0. The number of hydrogen-bond acceptors (Lipinski definition) is 4. The number of amides is 1. The molecule has 0 aliphatic carbocycles. The summed E-state index contributed by atoms with van der Waals surface area (Å²) in [6.45, 7) is 7.32. The van der Waals surface area contributed by atoms with Gasteiger partial charge in [-0.25, -0.2) is 0 Å². The molecule has 0 aromatic heterocycles. The number of fused-ring (bicyclic) bond motifs is 1. The first kappa shape index (κ1) is 14.3. The molecule has 2 heterocycles. The molecule has 2 fully saturated rings. The van der Waals surface area contributed by atoms with Crippen molar-refractivity contribution in [3.63, 3.8) is 0 Å². The summed E-state index contributed by atoms with van der Waals surface area (Å²) in [5, 5.41) is 15.7. The quantitative estimate of drug-likeness (QED) is 0.758. The van der Waals surface area contributed by atoms with Crippen molar-refractivity contribution in [2.24, 2.45) is 5.92 Å². The summed E-state index contributed by atoms with van der Waals surface area (Å²) < 4.78 is 0. The first-order valence-corrected chi connectivity index (χ1v) is 7.27. The number of rotatable bonds is 5. The second-order valence-electron chi connectivity index (χ2n) is 5.90. The van der Waals surface area contributed by atoms with Gasteiger partial charge in [0.15, 0.2) is 0 Å². The predicted octanol–water partition coefficient (Wildman–Crippen LogP) is 0.479. The fourth-order valence-corrected chi connectivity index (χ4v) is 3.17. The minimum absolute atomic E-state index is 0.128. The maximum atomic E-state index is 11.7. The maximum Gasteiger partial charge on any atom is 0.224 e. The molecule has 0 spiro atoms. The zero-order chi connectivity index (χ0) is 13.9. The third kappa shape index (κ3) is 3.07. The molecule has 3 unspecified atom stereocenters. The Morgan fingerprint density at radius 3 is 3.11 bits per heavy atom. The van der Waals surface area contributed by atoms with E-state index in [9.17, 15) is 10.1 Å². The lowest BCUT2D eigenvalue weighted by molar-refractivity contribution is -0.124. The van der Waals surface area contributed by atoms with Gasteiger partial charge in [0.1, 0.15) is 5.54 Å². The first-order chi connectivity index (χ1) is 9.09. The van der Waals surface area contributed by atoms with Crippen molar-refractivity contribution in [2.75, 3.05) is 26.2 Å². The lowest BCUT2D eigenvalue weighted by atomic mass is 9.90. The van der Waals surface area contributed by atoms with Crippen molar-refractivity contribution in [1.82, 2.24) is 15.5 Å². The van der Waals surface area contributed by atoms with Crippen LogP contribution in [0.15, 0.2) is 0 Å². The van der Waals surface area contributed by atoms with Gasteiger partial charge in [-0.15, -0.1) is 0 Å². The zero-order valence-corrected chi connectivity index (χ0v) is 11.9. The largest absolute Gasteiger partial charge is 0.354 e. The van der Waals surface area contributed by atoms with Crippen LogP contribution in [0.3, 0.4) is 0 Å². The number of carbonyl (C=O) groups excluding carboxylic acids is 1. The Balaban J connectivity index is 2.01. The van der Waals surface area contributed by atoms with Crippen molar-refractivity contribution < 1.29 is 4.79 Å². The minimum atomic E-state index is -0.524. The van der Waals surface area contributed by atoms with E-state index in [1.807, 2.05) is 6.92 Å². The zero-order valence-electron chi connectivity index (χ0n) is 11.9. The summed E-state index contributed by atoms with van der Waals surface area (Å²) in [5.41, 5.74) is -0.524. The number of carbonyl (C=O) groups is 1. The number of nitrogens with zero attached hydrogens (tertiary/aromatic N) is 2. The number of nitrogens with one attached hydrogen (secondary N) is 2. The molecular formula is C14H24N4O. The molecule has 2 N–H and O–H groups in total. The molecule has 5 heteroatoms. The molecule has 0 radical (unpaired) electrons. The lowest BCUT2D eigenvalue weighted by Gasteiger charge is -2.39. The molecule has 0 bridgehead atoms. The van der Waals surface area contributed by atoms with E-state index in [1.54, 1.807) is 0 Å². The summed E-state index contributed by atoms with van der Waals surface area (Å²) in [6.07, 6.45) is 3.05. The Morgan fingerprint density at radius 1 is 1.63 bits per heavy atom. The summed E-state index contributed by atoms with van der Waals surface area (Å²) >= 11 is 0. The van der Waals surface area contributed by atoms with Crippen molar-refractivity contribution in [2.45, 2.75) is 44.7 Å². The predicted molar refractivity (Wildman–Crippen MR) is 73.4 cm³/mol. The van der Waals surface area contributed by atoms with Gasteiger partial charge in [-0.1, -0.05) is 6.92 Å². The number of nitriles is 1. The molecule has 0 aromatic rings. The molecule has 0 saturated carbocycles. The van der Waals surface area contributed by atoms with E-state index < -0.39 is 5.54 Å². The van der Waals surface area contributed by atoms with Crippen LogP contribution in [0.25, 0.3) is 0 Å². The summed E-state index contributed by atoms with van der Waals surface area (Å²) in [4.78, 5) is 14.1. The third-order valence-electron chi connectivity index (χ3n) is 4.25. The van der Waals surface area contributed by atoms with E-state index >= 15 is 0 Å². The van der Waals surface area contributed by atoms with Crippen LogP contribution in [-0.4, -0.2) is 48.6 Å². The van der Waals surface area contributed by atoms with E-state index in [0.29, 0.717) is 6.54 Å². The van der Waals surface area contributed by atoms with Gasteiger partial charge in [-0.05, 0) is 39.3 Å². The molecule has 1 amide bonds. The van der Waals surface area contributed by atoms with Crippen LogP contribution < -0.4 is 10.6 Å². The van der Waals surface area contributed by atoms with E-state index in [1.165, 1.54) is 0 Å². The molecule has 2 rings (SSSR count). The van der Waals surface area contributed by atoms with Crippen molar-refractivity contribution >= 4 is 5.91 Å². The van der Waals surface area contributed by atoms with Crippen LogP contribution >= 0.6 is 0 Å². The molecule has 106 valence electrons. The van der Waals surface area contributed by atoms with Gasteiger partial charge in [0, 0.05) is 19.1 Å². The second kappa shape index (κ2) is 5.89. The average Bonchev–Trinajstić information content (AvgIpc) is 2.80. The number of likely N-dealkylation sites (tertiary alicyclic amines) is 1. The summed E-state index contributed by atoms with van der Waals surface area (Å²) in [5.74, 6) is 0.317. The van der Waals surface area contributed by atoms with Crippen LogP contribution in [-0.2, 0) is 4.79 Å². The Bertz CT molecular complexity index is 378. The third-order valence-corrected chi connectivity index (χ3v) is 4.25. The van der Waals surface area contributed by atoms with Gasteiger partial charge >= 0.3 is 0 Å². The van der Waals surface area contributed by atoms with Gasteiger partial charge in [0.25, 0.3) is 0 Å². The van der Waals surface area contributed by atoms with Crippen LogP contribution in [0.4, 0.5) is 0 Å². The Morgan fingerprint density at radius 2 is 2.42 bits per heavy atom. The first-order valence-electron chi connectivity index (χ1n) is 7.27. The second-order valence-corrected chi connectivity index (χ2v) is 5.90. The van der Waals surface area contributed by atoms with Crippen LogP contribution in [0, 0.1) is 17.2 Å². The lowest BCUT2D eigenvalue weighted by Crippen LogP contribution is -2.56. The smallest absolute Gasteiger partial charge is 0.224 e. The molecule has 3 atom stereocenters. The topological polar surface area (TPSA) is 68.2 Å². The molecule has 2 aliphatic rings. The van der Waals surface area contributed by atoms with Gasteiger partial charge < -0.3 is 5.32 Å². The molecule has 0 aromatic carbocycles. The van der Waals surface area contributed by atoms with E-state index in [-0.39, 0.29) is 17.9 Å². The molecular weight excluding hydrogens is 240 g/mol. The fourth-order valence-electron chi connectivity index (χ4n) is 3.17. The highest BCUT2D eigenvalue weighted by molar-refractivity contribution is 5.82. The van der Waals surface area contributed by atoms with E-state index in [2.05, 4.69) is 28.5 Å². The van der Waals surface area contributed by atoms with Crippen molar-refractivity contribution in [1.29, 1.82) is 5.26 Å². The molecule has 2 saturated heterocycles. The molecule has 5 nitrogen and oxygen atoms in total. The normalized spacial score (nSPS) is 30.3. The summed E-state index contributed by atoms with van der Waals surface area (Å²) in [6, 6.07) is 2.67. The van der Waals surface area contributed by atoms with Crippen molar-refractivity contribution in [3.05, 3.63) is 0 Å². The fraction of sp³-hybridized carbons (Fsp3) is 0.857. The number of hydrogen-bond donors (Lipinski definition) is 2. The highest BCUT2D eigenvalue weighted by Gasteiger charge is 2.42. The van der Waals surface area contributed by atoms with E-state index in [0.717, 1.165) is 38.9 Å². The van der Waals surface area contributed by atoms with Crippen LogP contribution in [0.1, 0.15) is 33.1 Å². The monoisotopic (exact) mass is 264 g/mol. The van der Waals surface area contributed by atoms with E-state index in [4.69, 9.17) is 0 Å². The van der Waals surface area contributed by atoms with Gasteiger partial charge in [-0.2, -0.15) is 5.26 Å². The highest BCUT2D eigenvalue weighted by Crippen LogP contribution is 2.28. The molecule has 2 aliphatic heterocycles. The molecule has 19 heavy (non-hydrogen) atoms. The highest BCUT2D eigenvalue weighted by atomic mass is 16.2. The minimum Gasteiger partial charge on any atom is -0.354 e. The standard InChI is InChI=1S/C14H24N4O/c1-3-6-17-14(2,9-15)10-18-7-4-5-11-12(18)8-16-13(11)19/h11-12,17H,3-8,10H2,1-2H3,(H,16,19). The average molecular weight is 264 g/mol. The number of piperidine rings is 1. The Kier molecular flexibility index (Phi) is 4.43. The van der Waals surface area contributed by atoms with Crippen molar-refractivity contribution in [3.8, 4) is 6.07 Å². The van der Waals surface area contributed by atoms with Crippen LogP contribution in [0.2, 0.25) is 0 Å². The maximum absolute atomic E-state index is 11.7. The SMILES string of the molecule is CCCNC(C)(C#N)CN1CCCC2C(=O)NCC21. The van der Waals surface area contributed by atoms with Gasteiger partial charge in [0.2, 0.25) is 5.91 Å². The van der Waals surface area contributed by atoms with Crippen LogP contribution in [0.5, 0.6) is 0 Å². The van der Waals surface area contributed by atoms with Gasteiger partial charge in [0.05, 0.1) is 12.0 Å². The Labute approximate surface area is 115 Å². The van der Waals surface area contributed by atoms with Gasteiger partial charge in [-0.3, -0.25) is 15.0 Å². The Hall–Kier alpha value is -1.12.